The van der Waals surface area contributed by atoms with Gasteiger partial charge in [0.2, 0.25) is 0 Å². The molecule has 0 unspecified atom stereocenters. The summed E-state index contributed by atoms with van der Waals surface area (Å²) in [5.74, 6) is 0.449. The molecular weight excluding hydrogens is 293 g/mol. The first-order chi connectivity index (χ1) is 5.71. The van der Waals surface area contributed by atoms with Gasteiger partial charge in [-0.25, -0.2) is 0 Å². The molecule has 3 nitrogen and oxygen atoms in total. The maximum atomic E-state index is 9.77. The minimum absolute atomic E-state index is 0. The summed E-state index contributed by atoms with van der Waals surface area (Å²) in [5.41, 5.74) is -0.861. The molecule has 0 aromatic carbocycles. The summed E-state index contributed by atoms with van der Waals surface area (Å²) in [6, 6.07) is 0. The van der Waals surface area contributed by atoms with Gasteiger partial charge < -0.3 is 38.7 Å². The Bertz CT molecular complexity index is 187. The maximum Gasteiger partial charge on any atom is 0.0882 e. The SMILES string of the molecule is C[C@@]1(O)C[C@H](C[N+](C)(C)C)C[C@@H]1O.[I-]. The molecule has 0 aromatic heterocycles. The highest BCUT2D eigenvalue weighted by Crippen LogP contribution is 2.35. The van der Waals surface area contributed by atoms with E-state index in [0.717, 1.165) is 23.9 Å². The fourth-order valence-corrected chi connectivity index (χ4v) is 2.29. The lowest BCUT2D eigenvalue weighted by atomic mass is 10.0. The van der Waals surface area contributed by atoms with Crippen LogP contribution < -0.4 is 24.0 Å². The fraction of sp³-hybridized carbons (Fsp3) is 1.00. The highest BCUT2D eigenvalue weighted by atomic mass is 127. The van der Waals surface area contributed by atoms with Crippen molar-refractivity contribution in [3.63, 3.8) is 0 Å². The molecule has 1 aliphatic carbocycles. The van der Waals surface area contributed by atoms with Gasteiger partial charge in [-0.05, 0) is 19.8 Å². The van der Waals surface area contributed by atoms with Crippen LogP contribution in [0.3, 0.4) is 0 Å². The molecule has 1 rings (SSSR count). The molecule has 0 saturated heterocycles. The fourth-order valence-electron chi connectivity index (χ4n) is 2.29. The molecule has 4 heteroatoms. The van der Waals surface area contributed by atoms with Crippen molar-refractivity contribution in [2.24, 2.45) is 5.92 Å². The molecule has 0 radical (unpaired) electrons. The zero-order chi connectivity index (χ0) is 10.3. The third-order valence-corrected chi connectivity index (χ3v) is 2.78. The van der Waals surface area contributed by atoms with Gasteiger partial charge in [-0.2, -0.15) is 0 Å². The third-order valence-electron chi connectivity index (χ3n) is 2.78. The quantitative estimate of drug-likeness (QED) is 0.428. The predicted octanol–water partition coefficient (Wildman–Crippen LogP) is -2.78. The Kier molecular flexibility index (Phi) is 4.84. The van der Waals surface area contributed by atoms with Crippen molar-refractivity contribution in [1.82, 2.24) is 0 Å². The first kappa shape index (κ1) is 14.6. The van der Waals surface area contributed by atoms with E-state index in [-0.39, 0.29) is 24.0 Å². The number of halogens is 1. The van der Waals surface area contributed by atoms with Crippen LogP contribution in [0, 0.1) is 5.92 Å². The first-order valence-corrected chi connectivity index (χ1v) is 4.91. The Labute approximate surface area is 104 Å². The van der Waals surface area contributed by atoms with Gasteiger partial charge in [0.05, 0.1) is 39.4 Å². The average Bonchev–Trinajstić information content (AvgIpc) is 2.01. The Morgan fingerprint density at radius 1 is 1.36 bits per heavy atom. The molecule has 1 saturated carbocycles. The van der Waals surface area contributed by atoms with E-state index in [1.54, 1.807) is 6.92 Å². The van der Waals surface area contributed by atoms with Crippen molar-refractivity contribution in [3.05, 3.63) is 0 Å². The van der Waals surface area contributed by atoms with Crippen LogP contribution in [0.1, 0.15) is 19.8 Å². The Hall–Kier alpha value is 0.610. The van der Waals surface area contributed by atoms with E-state index >= 15 is 0 Å². The van der Waals surface area contributed by atoms with Gasteiger partial charge in [-0.15, -0.1) is 0 Å². The van der Waals surface area contributed by atoms with Gasteiger partial charge in [0.25, 0.3) is 0 Å². The van der Waals surface area contributed by atoms with E-state index in [2.05, 4.69) is 21.1 Å². The summed E-state index contributed by atoms with van der Waals surface area (Å²) < 4.78 is 0.896. The second-order valence-electron chi connectivity index (χ2n) is 5.65. The molecule has 1 fully saturated rings. The van der Waals surface area contributed by atoms with Crippen molar-refractivity contribution in [3.8, 4) is 0 Å². The number of hydrogen-bond donors (Lipinski definition) is 2. The molecular formula is C10H22INO2. The normalized spacial score (nSPS) is 38.1. The number of aliphatic hydroxyl groups is 2. The molecule has 86 valence electrons. The van der Waals surface area contributed by atoms with Gasteiger partial charge >= 0.3 is 0 Å². The zero-order valence-corrected chi connectivity index (χ0v) is 11.7. The lowest BCUT2D eigenvalue weighted by Crippen LogP contribution is -3.00. The highest BCUT2D eigenvalue weighted by molar-refractivity contribution is 4.92. The summed E-state index contributed by atoms with van der Waals surface area (Å²) in [7, 11) is 6.41. The molecule has 2 N–H and O–H groups in total. The molecule has 0 aliphatic heterocycles. The Morgan fingerprint density at radius 3 is 2.14 bits per heavy atom. The molecule has 0 spiro atoms. The third kappa shape index (κ3) is 4.00. The van der Waals surface area contributed by atoms with Crippen LogP contribution >= 0.6 is 0 Å². The summed E-state index contributed by atoms with van der Waals surface area (Å²) >= 11 is 0. The van der Waals surface area contributed by atoms with Crippen LogP contribution in [-0.2, 0) is 0 Å². The van der Waals surface area contributed by atoms with Gasteiger partial charge in [-0.1, -0.05) is 0 Å². The number of hydrogen-bond acceptors (Lipinski definition) is 2. The van der Waals surface area contributed by atoms with Crippen molar-refractivity contribution in [2.75, 3.05) is 27.7 Å². The van der Waals surface area contributed by atoms with Gasteiger partial charge in [-0.3, -0.25) is 0 Å². The standard InChI is InChI=1S/C10H22NO2.HI/c1-10(13)6-8(5-9(10)12)7-11(2,3)4;/h8-9,12-13H,5-7H2,1-4H3;1H/q+1;/p-1/t8-,9+,10-;/m1./s1. The molecule has 14 heavy (non-hydrogen) atoms. The lowest BCUT2D eigenvalue weighted by Gasteiger charge is -2.27. The molecule has 0 aromatic rings. The van der Waals surface area contributed by atoms with Gasteiger partial charge in [0.1, 0.15) is 0 Å². The van der Waals surface area contributed by atoms with E-state index in [1.807, 2.05) is 0 Å². The van der Waals surface area contributed by atoms with E-state index < -0.39 is 11.7 Å². The second kappa shape index (κ2) is 4.63. The highest BCUT2D eigenvalue weighted by Gasteiger charge is 2.43. The maximum absolute atomic E-state index is 9.77. The summed E-state index contributed by atoms with van der Waals surface area (Å²) in [6.07, 6.45) is 0.927. The summed E-state index contributed by atoms with van der Waals surface area (Å²) in [4.78, 5) is 0. The molecule has 0 bridgehead atoms. The smallest absolute Gasteiger partial charge is 0.0882 e. The monoisotopic (exact) mass is 315 g/mol. The topological polar surface area (TPSA) is 40.5 Å². The number of quaternary nitrogens is 1. The van der Waals surface area contributed by atoms with Crippen LogP contribution in [0.25, 0.3) is 0 Å². The lowest BCUT2D eigenvalue weighted by molar-refractivity contribution is -0.873. The largest absolute Gasteiger partial charge is 1.00 e. The summed E-state index contributed by atoms with van der Waals surface area (Å²) in [6.45, 7) is 2.75. The number of rotatable bonds is 2. The zero-order valence-electron chi connectivity index (χ0n) is 9.50. The Balaban J connectivity index is 0.00000169. The minimum Gasteiger partial charge on any atom is -1.00 e. The average molecular weight is 315 g/mol. The van der Waals surface area contributed by atoms with Crippen molar-refractivity contribution in [2.45, 2.75) is 31.5 Å². The number of aliphatic hydroxyl groups excluding tert-OH is 1. The number of nitrogens with zero attached hydrogens (tertiary/aromatic N) is 1. The van der Waals surface area contributed by atoms with Gasteiger partial charge in [0.15, 0.2) is 0 Å². The molecule has 0 amide bonds. The van der Waals surface area contributed by atoms with Crippen molar-refractivity contribution in [1.29, 1.82) is 0 Å². The van der Waals surface area contributed by atoms with Crippen LogP contribution in [0.2, 0.25) is 0 Å². The summed E-state index contributed by atoms with van der Waals surface area (Å²) in [5, 5.41) is 19.3. The van der Waals surface area contributed by atoms with Gasteiger partial charge in [0, 0.05) is 5.92 Å². The molecule has 3 atom stereocenters. The minimum atomic E-state index is -0.861. The van der Waals surface area contributed by atoms with E-state index in [0.29, 0.717) is 5.92 Å². The van der Waals surface area contributed by atoms with Crippen LogP contribution in [0.15, 0.2) is 0 Å². The van der Waals surface area contributed by atoms with Crippen LogP contribution in [-0.4, -0.2) is 54.1 Å². The second-order valence-corrected chi connectivity index (χ2v) is 5.65. The van der Waals surface area contributed by atoms with Crippen molar-refractivity contribution < 1.29 is 38.7 Å². The van der Waals surface area contributed by atoms with E-state index in [9.17, 15) is 10.2 Å². The van der Waals surface area contributed by atoms with Crippen molar-refractivity contribution >= 4 is 0 Å². The first-order valence-electron chi connectivity index (χ1n) is 4.91. The van der Waals surface area contributed by atoms with E-state index in [4.69, 9.17) is 0 Å². The van der Waals surface area contributed by atoms with Crippen LogP contribution in [0.4, 0.5) is 0 Å². The Morgan fingerprint density at radius 2 is 1.86 bits per heavy atom. The van der Waals surface area contributed by atoms with Crippen LogP contribution in [0.5, 0.6) is 0 Å². The van der Waals surface area contributed by atoms with E-state index in [1.165, 1.54) is 0 Å². The predicted molar refractivity (Wildman–Crippen MR) is 52.3 cm³/mol. The molecule has 0 heterocycles. The molecule has 1 aliphatic rings.